The van der Waals surface area contributed by atoms with E-state index in [1.807, 2.05) is 37.3 Å². The molecule has 0 aliphatic heterocycles. The van der Waals surface area contributed by atoms with E-state index in [0.717, 1.165) is 23.7 Å². The van der Waals surface area contributed by atoms with Gasteiger partial charge in [0, 0.05) is 29.1 Å². The second-order valence-electron chi connectivity index (χ2n) is 4.43. The Hall–Kier alpha value is -1.61. The van der Waals surface area contributed by atoms with Gasteiger partial charge in [0.05, 0.1) is 5.52 Å². The minimum Gasteiger partial charge on any atom is -0.352 e. The smallest absolute Gasteiger partial charge is 0.251 e. The van der Waals surface area contributed by atoms with Crippen LogP contribution in [0, 0.1) is 0 Å². The van der Waals surface area contributed by atoms with Crippen LogP contribution < -0.4 is 5.32 Å². The highest BCUT2D eigenvalue weighted by molar-refractivity contribution is 6.20. The molecule has 19 heavy (non-hydrogen) atoms. The minimum atomic E-state index is -0.0708. The summed E-state index contributed by atoms with van der Waals surface area (Å²) in [7, 11) is 0. The number of hydrogen-bond acceptors (Lipinski definition) is 2. The third-order valence-corrected chi connectivity index (χ3v) is 3.60. The molecule has 2 rings (SSSR count). The number of carbonyl (C=O) groups is 1. The number of amides is 1. The molecule has 1 atom stereocenters. The Morgan fingerprint density at radius 2 is 2.21 bits per heavy atom. The van der Waals surface area contributed by atoms with Crippen molar-refractivity contribution < 1.29 is 4.79 Å². The number of halogens is 1. The number of carbonyl (C=O) groups excluding carboxylic acids is 1. The van der Waals surface area contributed by atoms with Crippen molar-refractivity contribution in [2.75, 3.05) is 6.54 Å². The van der Waals surface area contributed by atoms with Gasteiger partial charge in [-0.3, -0.25) is 9.78 Å². The van der Waals surface area contributed by atoms with Crippen LogP contribution in [0.4, 0.5) is 0 Å². The lowest BCUT2D eigenvalue weighted by Gasteiger charge is -2.09. The molecule has 1 aromatic carbocycles. The van der Waals surface area contributed by atoms with Crippen LogP contribution >= 0.6 is 11.6 Å². The molecule has 0 radical (unpaired) electrons. The predicted molar refractivity (Wildman–Crippen MR) is 78.6 cm³/mol. The first-order chi connectivity index (χ1) is 9.22. The first-order valence-corrected chi connectivity index (χ1v) is 6.92. The van der Waals surface area contributed by atoms with Crippen molar-refractivity contribution in [2.45, 2.75) is 25.1 Å². The largest absolute Gasteiger partial charge is 0.352 e. The fourth-order valence-corrected chi connectivity index (χ4v) is 2.05. The van der Waals surface area contributed by atoms with Crippen molar-refractivity contribution in [2.24, 2.45) is 0 Å². The maximum absolute atomic E-state index is 12.1. The molecule has 3 nitrogen and oxygen atoms in total. The van der Waals surface area contributed by atoms with Crippen LogP contribution in [0.15, 0.2) is 36.5 Å². The molecular weight excluding hydrogens is 260 g/mol. The molecule has 0 saturated carbocycles. The molecule has 1 aromatic heterocycles. The highest BCUT2D eigenvalue weighted by Gasteiger charge is 2.10. The van der Waals surface area contributed by atoms with Crippen molar-refractivity contribution in [1.82, 2.24) is 10.3 Å². The molecular formula is C15H17ClN2O. The minimum absolute atomic E-state index is 0.0708. The fourth-order valence-electron chi connectivity index (χ4n) is 1.94. The van der Waals surface area contributed by atoms with Gasteiger partial charge in [-0.25, -0.2) is 0 Å². The number of fused-ring (bicyclic) bond motifs is 1. The van der Waals surface area contributed by atoms with Crippen molar-refractivity contribution in [3.8, 4) is 0 Å². The zero-order chi connectivity index (χ0) is 13.7. The molecule has 4 heteroatoms. The van der Waals surface area contributed by atoms with E-state index in [2.05, 4.69) is 10.3 Å². The first-order valence-electron chi connectivity index (χ1n) is 6.48. The van der Waals surface area contributed by atoms with Gasteiger partial charge in [-0.2, -0.15) is 0 Å². The lowest BCUT2D eigenvalue weighted by molar-refractivity contribution is 0.0955. The van der Waals surface area contributed by atoms with E-state index in [0.29, 0.717) is 12.1 Å². The van der Waals surface area contributed by atoms with Gasteiger partial charge in [-0.05, 0) is 31.0 Å². The molecule has 0 aliphatic carbocycles. The van der Waals surface area contributed by atoms with Crippen LogP contribution in [0.1, 0.15) is 30.1 Å². The average molecular weight is 277 g/mol. The summed E-state index contributed by atoms with van der Waals surface area (Å²) in [4.78, 5) is 16.4. The third-order valence-electron chi connectivity index (χ3n) is 3.08. The van der Waals surface area contributed by atoms with Gasteiger partial charge in [0.2, 0.25) is 0 Å². The molecule has 0 bridgehead atoms. The van der Waals surface area contributed by atoms with Gasteiger partial charge in [0.15, 0.2) is 0 Å². The van der Waals surface area contributed by atoms with Gasteiger partial charge in [0.1, 0.15) is 0 Å². The summed E-state index contributed by atoms with van der Waals surface area (Å²) in [6, 6.07) is 9.31. The average Bonchev–Trinajstić information content (AvgIpc) is 2.46. The number of alkyl halides is 1. The Morgan fingerprint density at radius 3 is 3.00 bits per heavy atom. The Morgan fingerprint density at radius 1 is 1.37 bits per heavy atom. The van der Waals surface area contributed by atoms with Crippen molar-refractivity contribution >= 4 is 28.4 Å². The molecule has 1 N–H and O–H groups in total. The van der Waals surface area contributed by atoms with Crippen molar-refractivity contribution in [1.29, 1.82) is 0 Å². The topological polar surface area (TPSA) is 42.0 Å². The van der Waals surface area contributed by atoms with Crippen molar-refractivity contribution in [3.05, 3.63) is 42.1 Å². The monoisotopic (exact) mass is 276 g/mol. The second kappa shape index (κ2) is 6.53. The summed E-state index contributed by atoms with van der Waals surface area (Å²) in [6.45, 7) is 2.63. The molecule has 0 saturated heterocycles. The van der Waals surface area contributed by atoms with Crippen LogP contribution in [0.25, 0.3) is 10.9 Å². The maximum atomic E-state index is 12.1. The van der Waals surface area contributed by atoms with E-state index < -0.39 is 0 Å². The van der Waals surface area contributed by atoms with Gasteiger partial charge in [-0.1, -0.05) is 19.1 Å². The van der Waals surface area contributed by atoms with E-state index in [-0.39, 0.29) is 11.3 Å². The molecule has 0 fully saturated rings. The summed E-state index contributed by atoms with van der Waals surface area (Å²) in [6.07, 6.45) is 3.42. The highest BCUT2D eigenvalue weighted by Crippen LogP contribution is 2.16. The summed E-state index contributed by atoms with van der Waals surface area (Å²) in [5.74, 6) is -0.0708. The van der Waals surface area contributed by atoms with Crippen LogP contribution in [0.5, 0.6) is 0 Å². The van der Waals surface area contributed by atoms with E-state index in [1.54, 1.807) is 6.20 Å². The number of aromatic nitrogens is 1. The van der Waals surface area contributed by atoms with Gasteiger partial charge in [-0.15, -0.1) is 11.6 Å². The zero-order valence-electron chi connectivity index (χ0n) is 10.9. The molecule has 100 valence electrons. The number of hydrogen-bond donors (Lipinski definition) is 1. The lowest BCUT2D eigenvalue weighted by atomic mass is 10.1. The number of benzene rings is 1. The summed E-state index contributed by atoms with van der Waals surface area (Å²) >= 11 is 6.03. The molecule has 0 aliphatic rings. The molecule has 1 heterocycles. The summed E-state index contributed by atoms with van der Waals surface area (Å²) in [5.41, 5.74) is 1.49. The zero-order valence-corrected chi connectivity index (χ0v) is 11.7. The highest BCUT2D eigenvalue weighted by atomic mass is 35.5. The first kappa shape index (κ1) is 13.8. The quantitative estimate of drug-likeness (QED) is 0.851. The van der Waals surface area contributed by atoms with E-state index in [9.17, 15) is 4.79 Å². The predicted octanol–water partition coefficient (Wildman–Crippen LogP) is 3.37. The van der Waals surface area contributed by atoms with E-state index >= 15 is 0 Å². The van der Waals surface area contributed by atoms with E-state index in [1.165, 1.54) is 0 Å². The number of nitrogens with one attached hydrogen (secondary N) is 1. The van der Waals surface area contributed by atoms with E-state index in [4.69, 9.17) is 11.6 Å². The maximum Gasteiger partial charge on any atom is 0.251 e. The number of nitrogens with zero attached hydrogens (tertiary/aromatic N) is 1. The molecule has 2 aromatic rings. The van der Waals surface area contributed by atoms with Gasteiger partial charge >= 0.3 is 0 Å². The number of pyridine rings is 1. The van der Waals surface area contributed by atoms with Crippen LogP contribution in [0.3, 0.4) is 0 Å². The van der Waals surface area contributed by atoms with Crippen LogP contribution in [-0.4, -0.2) is 22.8 Å². The second-order valence-corrected chi connectivity index (χ2v) is 5.04. The fraction of sp³-hybridized carbons (Fsp3) is 0.333. The lowest BCUT2D eigenvalue weighted by Crippen LogP contribution is -2.26. The Bertz CT molecular complexity index is 566. The Balaban J connectivity index is 2.09. The van der Waals surface area contributed by atoms with Gasteiger partial charge in [0.25, 0.3) is 5.91 Å². The van der Waals surface area contributed by atoms with Crippen molar-refractivity contribution in [3.63, 3.8) is 0 Å². The SMILES string of the molecule is CCC(Cl)CCNC(=O)c1cccc2ncccc12. The third kappa shape index (κ3) is 3.44. The van der Waals surface area contributed by atoms with Gasteiger partial charge < -0.3 is 5.32 Å². The Labute approximate surface area is 118 Å². The normalized spacial score (nSPS) is 12.3. The summed E-state index contributed by atoms with van der Waals surface area (Å²) in [5, 5.41) is 3.90. The van der Waals surface area contributed by atoms with Crippen LogP contribution in [0.2, 0.25) is 0 Å². The molecule has 1 unspecified atom stereocenters. The Kier molecular flexibility index (Phi) is 4.74. The number of rotatable bonds is 5. The molecule has 1 amide bonds. The summed E-state index contributed by atoms with van der Waals surface area (Å²) < 4.78 is 0. The van der Waals surface area contributed by atoms with Crippen LogP contribution in [-0.2, 0) is 0 Å². The molecule has 0 spiro atoms. The standard InChI is InChI=1S/C15H17ClN2O/c1-2-11(16)8-10-18-15(19)13-5-3-7-14-12(13)6-4-9-17-14/h3-7,9,11H,2,8,10H2,1H3,(H,18,19).